The average molecular weight is 227 g/mol. The molecule has 1 amide bonds. The molecule has 0 spiro atoms. The number of aromatic nitrogens is 2. The van der Waals surface area contributed by atoms with Crippen molar-refractivity contribution >= 4 is 17.7 Å². The van der Waals surface area contributed by atoms with E-state index in [2.05, 4.69) is 20.6 Å². The van der Waals surface area contributed by atoms with Crippen molar-refractivity contribution in [2.75, 3.05) is 17.6 Å². The van der Waals surface area contributed by atoms with Crippen molar-refractivity contribution in [1.29, 1.82) is 0 Å². The van der Waals surface area contributed by atoms with E-state index in [1.165, 1.54) is 0 Å². The summed E-state index contributed by atoms with van der Waals surface area (Å²) in [5, 5.41) is 5.22. The van der Waals surface area contributed by atoms with Gasteiger partial charge >= 0.3 is 0 Å². The maximum absolute atomic E-state index is 13.2. The van der Waals surface area contributed by atoms with Crippen LogP contribution in [0.15, 0.2) is 6.20 Å². The Balaban J connectivity index is 2.72. The topological polar surface area (TPSA) is 92.9 Å². The van der Waals surface area contributed by atoms with Crippen LogP contribution < -0.4 is 16.4 Å². The fraction of sp³-hybridized carbons (Fsp3) is 0.444. The van der Waals surface area contributed by atoms with E-state index in [4.69, 9.17) is 5.73 Å². The van der Waals surface area contributed by atoms with E-state index < -0.39 is 11.9 Å². The number of nitrogen functional groups attached to an aromatic ring is 1. The average Bonchev–Trinajstić information content (AvgIpc) is 2.23. The summed E-state index contributed by atoms with van der Waals surface area (Å²) < 4.78 is 13.2. The lowest BCUT2D eigenvalue weighted by Crippen LogP contribution is -2.37. The van der Waals surface area contributed by atoms with E-state index in [1.807, 2.05) is 0 Å². The highest BCUT2D eigenvalue weighted by atomic mass is 19.1. The van der Waals surface area contributed by atoms with Crippen molar-refractivity contribution in [3.05, 3.63) is 12.0 Å². The maximum Gasteiger partial charge on any atom is 0.242 e. The molecule has 0 fully saturated rings. The largest absolute Gasteiger partial charge is 0.368 e. The van der Waals surface area contributed by atoms with Gasteiger partial charge in [0, 0.05) is 6.54 Å². The predicted octanol–water partition coefficient (Wildman–Crippen LogP) is 0.134. The second-order valence-electron chi connectivity index (χ2n) is 3.19. The summed E-state index contributed by atoms with van der Waals surface area (Å²) in [5.41, 5.74) is 5.31. The van der Waals surface area contributed by atoms with E-state index in [9.17, 15) is 9.18 Å². The lowest BCUT2D eigenvalue weighted by molar-refractivity contribution is -0.121. The van der Waals surface area contributed by atoms with Crippen LogP contribution in [0, 0.1) is 5.82 Å². The van der Waals surface area contributed by atoms with Crippen molar-refractivity contribution in [3.8, 4) is 0 Å². The molecule has 0 aliphatic carbocycles. The minimum Gasteiger partial charge on any atom is -0.368 e. The van der Waals surface area contributed by atoms with Gasteiger partial charge in [0.1, 0.15) is 6.04 Å². The Kier molecular flexibility index (Phi) is 3.98. The smallest absolute Gasteiger partial charge is 0.242 e. The molecule has 0 radical (unpaired) electrons. The number of likely N-dealkylation sites (N-methyl/N-ethyl adjacent to an activating group) is 1. The van der Waals surface area contributed by atoms with Crippen molar-refractivity contribution in [1.82, 2.24) is 15.3 Å². The van der Waals surface area contributed by atoms with E-state index in [-0.39, 0.29) is 17.7 Å². The Hall–Kier alpha value is -1.92. The molecule has 0 saturated heterocycles. The molecule has 16 heavy (non-hydrogen) atoms. The number of anilines is 2. The molecule has 0 bridgehead atoms. The molecule has 1 rings (SSSR count). The zero-order chi connectivity index (χ0) is 12.1. The first-order valence-corrected chi connectivity index (χ1v) is 4.86. The van der Waals surface area contributed by atoms with Crippen LogP contribution in [0.3, 0.4) is 0 Å². The molecule has 88 valence electrons. The van der Waals surface area contributed by atoms with Crippen LogP contribution in [0.4, 0.5) is 16.2 Å². The van der Waals surface area contributed by atoms with Gasteiger partial charge in [-0.3, -0.25) is 4.79 Å². The number of carbonyl (C=O) groups is 1. The Morgan fingerprint density at radius 3 is 3.00 bits per heavy atom. The van der Waals surface area contributed by atoms with Gasteiger partial charge < -0.3 is 16.4 Å². The van der Waals surface area contributed by atoms with Crippen molar-refractivity contribution in [2.24, 2.45) is 0 Å². The summed E-state index contributed by atoms with van der Waals surface area (Å²) in [6.45, 7) is 3.91. The number of rotatable bonds is 4. The Bertz CT molecular complexity index is 384. The van der Waals surface area contributed by atoms with E-state index in [0.717, 1.165) is 6.20 Å². The maximum atomic E-state index is 13.2. The molecular formula is C9H14FN5O. The van der Waals surface area contributed by atoms with Crippen LogP contribution in [-0.2, 0) is 4.79 Å². The van der Waals surface area contributed by atoms with Gasteiger partial charge in [-0.05, 0) is 13.8 Å². The summed E-state index contributed by atoms with van der Waals surface area (Å²) in [5.74, 6) is -1.01. The highest BCUT2D eigenvalue weighted by Crippen LogP contribution is 2.11. The molecule has 0 aromatic carbocycles. The monoisotopic (exact) mass is 227 g/mol. The standard InChI is InChI=1S/C9H14FN5O/c1-3-12-8(16)5(2)14-7-6(10)4-13-9(11)15-7/h4-5H,3H2,1-2H3,(H,12,16)(H3,11,13,14,15). The number of carbonyl (C=O) groups excluding carboxylic acids is 1. The van der Waals surface area contributed by atoms with Crippen LogP contribution in [0.1, 0.15) is 13.8 Å². The molecule has 1 aromatic rings. The lowest BCUT2D eigenvalue weighted by Gasteiger charge is -2.14. The van der Waals surface area contributed by atoms with Crippen molar-refractivity contribution < 1.29 is 9.18 Å². The Morgan fingerprint density at radius 2 is 2.38 bits per heavy atom. The Labute approximate surface area is 92.5 Å². The normalized spacial score (nSPS) is 11.9. The molecule has 6 nitrogen and oxygen atoms in total. The molecule has 7 heteroatoms. The van der Waals surface area contributed by atoms with Crippen LogP contribution in [0.25, 0.3) is 0 Å². The minimum absolute atomic E-state index is 0.0491. The van der Waals surface area contributed by atoms with Crippen molar-refractivity contribution in [2.45, 2.75) is 19.9 Å². The van der Waals surface area contributed by atoms with Gasteiger partial charge in [0.2, 0.25) is 11.9 Å². The molecular weight excluding hydrogens is 213 g/mol. The van der Waals surface area contributed by atoms with Crippen molar-refractivity contribution in [3.63, 3.8) is 0 Å². The van der Waals surface area contributed by atoms with Gasteiger partial charge in [0.25, 0.3) is 0 Å². The Morgan fingerprint density at radius 1 is 1.69 bits per heavy atom. The lowest BCUT2D eigenvalue weighted by atomic mass is 10.3. The number of nitrogens with zero attached hydrogens (tertiary/aromatic N) is 2. The third-order valence-corrected chi connectivity index (χ3v) is 1.86. The summed E-state index contributed by atoms with van der Waals surface area (Å²) >= 11 is 0. The first kappa shape index (κ1) is 12.2. The number of amides is 1. The van der Waals surface area contributed by atoms with Crippen LogP contribution in [-0.4, -0.2) is 28.5 Å². The van der Waals surface area contributed by atoms with Gasteiger partial charge in [-0.15, -0.1) is 0 Å². The number of nitrogens with two attached hydrogens (primary N) is 1. The van der Waals surface area contributed by atoms with E-state index in [0.29, 0.717) is 6.54 Å². The minimum atomic E-state index is -0.648. The van der Waals surface area contributed by atoms with Gasteiger partial charge in [-0.1, -0.05) is 0 Å². The second kappa shape index (κ2) is 5.24. The van der Waals surface area contributed by atoms with E-state index in [1.54, 1.807) is 13.8 Å². The van der Waals surface area contributed by atoms with Crippen LogP contribution in [0.2, 0.25) is 0 Å². The molecule has 1 unspecified atom stereocenters. The molecule has 4 N–H and O–H groups in total. The first-order valence-electron chi connectivity index (χ1n) is 4.86. The quantitative estimate of drug-likeness (QED) is 0.680. The van der Waals surface area contributed by atoms with Gasteiger partial charge in [-0.25, -0.2) is 9.37 Å². The number of hydrogen-bond donors (Lipinski definition) is 3. The number of halogens is 1. The number of nitrogens with one attached hydrogen (secondary N) is 2. The molecule has 0 saturated carbocycles. The third-order valence-electron chi connectivity index (χ3n) is 1.86. The molecule has 1 atom stereocenters. The fourth-order valence-corrected chi connectivity index (χ4v) is 1.08. The van der Waals surface area contributed by atoms with Gasteiger partial charge in [0.05, 0.1) is 6.20 Å². The van der Waals surface area contributed by atoms with Gasteiger partial charge in [-0.2, -0.15) is 4.98 Å². The summed E-state index contributed by atoms with van der Waals surface area (Å²) in [6.07, 6.45) is 0.953. The second-order valence-corrected chi connectivity index (χ2v) is 3.19. The van der Waals surface area contributed by atoms with E-state index >= 15 is 0 Å². The summed E-state index contributed by atoms with van der Waals surface area (Å²) in [4.78, 5) is 18.5. The number of hydrogen-bond acceptors (Lipinski definition) is 5. The SMILES string of the molecule is CCNC(=O)C(C)Nc1nc(N)ncc1F. The first-order chi connectivity index (χ1) is 7.54. The third kappa shape index (κ3) is 3.04. The zero-order valence-corrected chi connectivity index (χ0v) is 9.12. The molecule has 1 heterocycles. The summed E-state index contributed by atoms with van der Waals surface area (Å²) in [7, 11) is 0. The highest BCUT2D eigenvalue weighted by Gasteiger charge is 2.14. The molecule has 0 aliphatic heterocycles. The predicted molar refractivity (Wildman–Crippen MR) is 58.2 cm³/mol. The van der Waals surface area contributed by atoms with Gasteiger partial charge in [0.15, 0.2) is 11.6 Å². The zero-order valence-electron chi connectivity index (χ0n) is 9.12. The fourth-order valence-electron chi connectivity index (χ4n) is 1.08. The highest BCUT2D eigenvalue weighted by molar-refractivity contribution is 5.83. The summed E-state index contributed by atoms with van der Waals surface area (Å²) in [6, 6.07) is -0.594. The molecule has 1 aromatic heterocycles. The molecule has 0 aliphatic rings. The van der Waals surface area contributed by atoms with Crippen LogP contribution in [0.5, 0.6) is 0 Å². The van der Waals surface area contributed by atoms with Crippen LogP contribution >= 0.6 is 0 Å².